The smallest absolute Gasteiger partial charge is 0.308 e. The Kier molecular flexibility index (Phi) is 8.21. The summed E-state index contributed by atoms with van der Waals surface area (Å²) in [7, 11) is 1.33. The van der Waals surface area contributed by atoms with Gasteiger partial charge in [-0.05, 0) is 61.7 Å². The first-order valence-electron chi connectivity index (χ1n) is 13.2. The molecule has 2 unspecified atom stereocenters. The monoisotopic (exact) mass is 599 g/mol. The molecule has 7 nitrogen and oxygen atoms in total. The Labute approximate surface area is 246 Å². The number of carboxylic acids is 1. The normalized spacial score (nSPS) is 20.5. The van der Waals surface area contributed by atoms with Crippen molar-refractivity contribution >= 4 is 40.9 Å². The molecule has 1 N–H and O–H groups in total. The zero-order chi connectivity index (χ0) is 29.5. The van der Waals surface area contributed by atoms with Gasteiger partial charge < -0.3 is 14.6 Å². The van der Waals surface area contributed by atoms with E-state index in [2.05, 4.69) is 0 Å². The van der Waals surface area contributed by atoms with Gasteiger partial charge in [0.2, 0.25) is 0 Å². The number of ether oxygens (including phenoxy) is 2. The number of amides is 1. The number of carbonyl (C=O) groups excluding carboxylic acids is 2. The standard InChI is InChI=1S/C31H28Cl2FNO6/c1-17(30(38)39)27(18-3-7-22(32)8-4-18)35-29(37)24-15-20(28(36)19-11-13-41-14-12-19)16-25(34)26(24)31(35,40-2)21-5-9-23(33)10-6-21/h3-10,15-17,19,27H,11-14H2,1-2H3,(H,38,39)/t17?,27?,31-/m0/s1. The first kappa shape index (κ1) is 29.2. The molecule has 10 heteroatoms. The first-order valence-corrected chi connectivity index (χ1v) is 13.9. The Morgan fingerprint density at radius 1 is 1.05 bits per heavy atom. The molecule has 0 aromatic heterocycles. The number of Topliss-reactive ketones (excluding diaryl/α,β-unsaturated/α-hetero) is 1. The summed E-state index contributed by atoms with van der Waals surface area (Å²) in [6.07, 6.45) is 0.998. The zero-order valence-electron chi connectivity index (χ0n) is 22.4. The fraction of sp³-hybridized carbons (Fsp3) is 0.323. The number of rotatable bonds is 8. The van der Waals surface area contributed by atoms with Gasteiger partial charge in [0.05, 0.1) is 23.1 Å². The van der Waals surface area contributed by atoms with Crippen molar-refractivity contribution in [3.05, 3.63) is 104 Å². The lowest BCUT2D eigenvalue weighted by atomic mass is 9.86. The van der Waals surface area contributed by atoms with Gasteiger partial charge in [-0.2, -0.15) is 0 Å². The Bertz CT molecular complexity index is 1490. The van der Waals surface area contributed by atoms with Crippen molar-refractivity contribution in [2.45, 2.75) is 31.5 Å². The fourth-order valence-corrected chi connectivity index (χ4v) is 6.16. The molecule has 41 heavy (non-hydrogen) atoms. The molecule has 0 spiro atoms. The number of aliphatic carboxylic acids is 1. The van der Waals surface area contributed by atoms with Crippen LogP contribution in [0.25, 0.3) is 0 Å². The lowest BCUT2D eigenvalue weighted by molar-refractivity contribution is -0.149. The highest BCUT2D eigenvalue weighted by Gasteiger charge is 2.58. The quantitative estimate of drug-likeness (QED) is 0.297. The third-order valence-electron chi connectivity index (χ3n) is 7.98. The van der Waals surface area contributed by atoms with Gasteiger partial charge in [-0.25, -0.2) is 4.39 Å². The summed E-state index contributed by atoms with van der Waals surface area (Å²) in [6.45, 7) is 2.32. The molecular formula is C31H28Cl2FNO6. The van der Waals surface area contributed by atoms with Crippen molar-refractivity contribution in [2.75, 3.05) is 20.3 Å². The maximum absolute atomic E-state index is 16.4. The SMILES string of the molecule is CO[C@@]1(c2ccc(Cl)cc2)c2c(F)cc(C(=O)C3CCOCC3)cc2C(=O)N1C(c1ccc(Cl)cc1)C(C)C(=O)O. The van der Waals surface area contributed by atoms with Crippen molar-refractivity contribution < 1.29 is 33.4 Å². The Hall–Kier alpha value is -3.30. The van der Waals surface area contributed by atoms with Crippen molar-refractivity contribution in [3.63, 3.8) is 0 Å². The third-order valence-corrected chi connectivity index (χ3v) is 8.48. The van der Waals surface area contributed by atoms with E-state index >= 15 is 4.39 Å². The first-order chi connectivity index (χ1) is 19.6. The number of halogens is 3. The molecule has 0 aliphatic carbocycles. The van der Waals surface area contributed by atoms with E-state index in [1.807, 2.05) is 0 Å². The summed E-state index contributed by atoms with van der Waals surface area (Å²) in [5.41, 5.74) is -1.18. The van der Waals surface area contributed by atoms with Crippen LogP contribution in [0.5, 0.6) is 0 Å². The van der Waals surface area contributed by atoms with Crippen LogP contribution < -0.4 is 0 Å². The molecule has 1 fully saturated rings. The molecule has 0 saturated carbocycles. The summed E-state index contributed by atoms with van der Waals surface area (Å²) in [5, 5.41) is 11.0. The van der Waals surface area contributed by atoms with E-state index in [1.165, 1.54) is 25.0 Å². The molecule has 0 bridgehead atoms. The number of methoxy groups -OCH3 is 1. The maximum Gasteiger partial charge on any atom is 0.308 e. The average Bonchev–Trinajstić information content (AvgIpc) is 3.23. The molecular weight excluding hydrogens is 572 g/mol. The van der Waals surface area contributed by atoms with Crippen molar-refractivity contribution in [2.24, 2.45) is 11.8 Å². The van der Waals surface area contributed by atoms with Crippen molar-refractivity contribution in [1.82, 2.24) is 4.90 Å². The number of hydrogen-bond acceptors (Lipinski definition) is 5. The molecule has 1 amide bonds. The van der Waals surface area contributed by atoms with Crippen molar-refractivity contribution in [1.29, 1.82) is 0 Å². The highest BCUT2D eigenvalue weighted by atomic mass is 35.5. The summed E-state index contributed by atoms with van der Waals surface area (Å²) in [4.78, 5) is 41.5. The van der Waals surface area contributed by atoms with Crippen LogP contribution in [0, 0.1) is 17.7 Å². The minimum atomic E-state index is -1.88. The maximum atomic E-state index is 16.4. The predicted octanol–water partition coefficient (Wildman–Crippen LogP) is 6.51. The molecule has 5 rings (SSSR count). The second kappa shape index (κ2) is 11.5. The second-order valence-corrected chi connectivity index (χ2v) is 11.2. The van der Waals surface area contributed by atoms with Crippen LogP contribution in [0.2, 0.25) is 10.0 Å². The van der Waals surface area contributed by atoms with Crippen LogP contribution in [-0.2, 0) is 20.0 Å². The van der Waals surface area contributed by atoms with Gasteiger partial charge >= 0.3 is 5.97 Å². The molecule has 2 aliphatic rings. The van der Waals surface area contributed by atoms with Gasteiger partial charge in [-0.1, -0.05) is 47.5 Å². The second-order valence-electron chi connectivity index (χ2n) is 10.3. The predicted molar refractivity (Wildman–Crippen MR) is 151 cm³/mol. The Morgan fingerprint density at radius 2 is 1.63 bits per heavy atom. The topological polar surface area (TPSA) is 93.1 Å². The van der Waals surface area contributed by atoms with Gasteiger partial charge in [0.15, 0.2) is 11.5 Å². The van der Waals surface area contributed by atoms with Crippen LogP contribution in [0.1, 0.15) is 63.2 Å². The van der Waals surface area contributed by atoms with E-state index in [9.17, 15) is 19.5 Å². The number of carbonyl (C=O) groups is 3. The summed E-state index contributed by atoms with van der Waals surface area (Å²) >= 11 is 12.3. The highest BCUT2D eigenvalue weighted by Crippen LogP contribution is 2.52. The Balaban J connectivity index is 1.76. The summed E-state index contributed by atoms with van der Waals surface area (Å²) in [5.74, 6) is -4.45. The number of ketones is 1. The van der Waals surface area contributed by atoms with Crippen LogP contribution in [0.15, 0.2) is 60.7 Å². The van der Waals surface area contributed by atoms with E-state index in [1.54, 1.807) is 48.5 Å². The Morgan fingerprint density at radius 3 is 2.20 bits per heavy atom. The van der Waals surface area contributed by atoms with Gasteiger partial charge in [0, 0.05) is 47.4 Å². The number of hydrogen-bond donors (Lipinski definition) is 1. The largest absolute Gasteiger partial charge is 0.481 e. The van der Waals surface area contributed by atoms with Gasteiger partial charge in [-0.15, -0.1) is 0 Å². The lowest BCUT2D eigenvalue weighted by Crippen LogP contribution is -2.51. The third kappa shape index (κ3) is 5.03. The number of benzene rings is 3. The lowest BCUT2D eigenvalue weighted by Gasteiger charge is -2.44. The molecule has 1 saturated heterocycles. The van der Waals surface area contributed by atoms with Crippen LogP contribution in [0.4, 0.5) is 4.39 Å². The molecule has 2 heterocycles. The van der Waals surface area contributed by atoms with E-state index in [0.717, 1.165) is 6.07 Å². The molecule has 3 atom stereocenters. The minimum Gasteiger partial charge on any atom is -0.481 e. The average molecular weight is 600 g/mol. The van der Waals surface area contributed by atoms with Crippen molar-refractivity contribution in [3.8, 4) is 0 Å². The van der Waals surface area contributed by atoms with E-state index in [-0.39, 0.29) is 28.4 Å². The number of carboxylic acid groups (broad SMARTS) is 1. The molecule has 0 radical (unpaired) electrons. The molecule has 3 aromatic carbocycles. The molecule has 214 valence electrons. The van der Waals surface area contributed by atoms with Gasteiger partial charge in [0.1, 0.15) is 5.82 Å². The van der Waals surface area contributed by atoms with E-state index in [4.69, 9.17) is 32.7 Å². The summed E-state index contributed by atoms with van der Waals surface area (Å²) in [6, 6.07) is 14.2. The van der Waals surface area contributed by atoms with Crippen LogP contribution in [0.3, 0.4) is 0 Å². The van der Waals surface area contributed by atoms with E-state index < -0.39 is 35.4 Å². The van der Waals surface area contributed by atoms with Crippen LogP contribution >= 0.6 is 23.2 Å². The summed E-state index contributed by atoms with van der Waals surface area (Å²) < 4.78 is 27.8. The molecule has 3 aromatic rings. The zero-order valence-corrected chi connectivity index (χ0v) is 23.9. The van der Waals surface area contributed by atoms with Crippen LogP contribution in [-0.4, -0.2) is 48.0 Å². The number of fused-ring (bicyclic) bond motifs is 1. The minimum absolute atomic E-state index is 0.0683. The van der Waals surface area contributed by atoms with Gasteiger partial charge in [0.25, 0.3) is 5.91 Å². The van der Waals surface area contributed by atoms with Gasteiger partial charge in [-0.3, -0.25) is 19.3 Å². The fourth-order valence-electron chi connectivity index (χ4n) is 5.91. The van der Waals surface area contributed by atoms with E-state index in [0.29, 0.717) is 47.2 Å². The molecule has 2 aliphatic heterocycles. The highest BCUT2D eigenvalue weighted by molar-refractivity contribution is 6.30. The number of nitrogens with zero attached hydrogens (tertiary/aromatic N) is 1.